The maximum Gasteiger partial charge on any atom is 0.408 e. The van der Waals surface area contributed by atoms with Crippen LogP contribution in [-0.4, -0.2) is 34.6 Å². The monoisotopic (exact) mass is 301 g/mol. The molecule has 0 aromatic carbocycles. The molecule has 122 valence electrons. The lowest BCUT2D eigenvalue weighted by atomic mass is 9.82. The number of carboxylic acid groups (broad SMARTS) is 1. The Balaban J connectivity index is 5.10. The Hall–Kier alpha value is -1.59. The van der Waals surface area contributed by atoms with E-state index < -0.39 is 34.9 Å². The predicted octanol–water partition coefficient (Wildman–Crippen LogP) is 2.61. The molecule has 1 amide bonds. The summed E-state index contributed by atoms with van der Waals surface area (Å²) in [5.74, 6) is -1.62. The molecule has 6 heteroatoms. The van der Waals surface area contributed by atoms with Crippen LogP contribution in [0.1, 0.15) is 54.9 Å². The summed E-state index contributed by atoms with van der Waals surface area (Å²) >= 11 is 0. The van der Waals surface area contributed by atoms with E-state index in [-0.39, 0.29) is 5.92 Å². The van der Waals surface area contributed by atoms with Gasteiger partial charge in [-0.25, -0.2) is 4.79 Å². The number of hydrogen-bond acceptors (Lipinski definition) is 4. The van der Waals surface area contributed by atoms with Crippen molar-refractivity contribution in [2.45, 2.75) is 66.5 Å². The van der Waals surface area contributed by atoms with Gasteiger partial charge in [0.05, 0.1) is 6.04 Å². The molecule has 0 aliphatic carbocycles. The number of ketones is 1. The van der Waals surface area contributed by atoms with E-state index in [2.05, 4.69) is 5.32 Å². The van der Waals surface area contributed by atoms with Crippen LogP contribution >= 0.6 is 0 Å². The molecule has 0 saturated heterocycles. The van der Waals surface area contributed by atoms with Crippen LogP contribution in [0.5, 0.6) is 0 Å². The van der Waals surface area contributed by atoms with Gasteiger partial charge < -0.3 is 15.2 Å². The Labute approximate surface area is 126 Å². The van der Waals surface area contributed by atoms with Gasteiger partial charge in [-0.15, -0.1) is 0 Å². The number of rotatable bonds is 6. The van der Waals surface area contributed by atoms with E-state index in [9.17, 15) is 14.4 Å². The van der Waals surface area contributed by atoms with E-state index in [0.29, 0.717) is 6.42 Å². The molecule has 1 unspecified atom stereocenters. The minimum absolute atomic E-state index is 0.124. The second-order valence-corrected chi connectivity index (χ2v) is 7.12. The summed E-state index contributed by atoms with van der Waals surface area (Å²) in [6, 6.07) is -0.883. The van der Waals surface area contributed by atoms with Crippen LogP contribution in [0.2, 0.25) is 0 Å². The van der Waals surface area contributed by atoms with Crippen molar-refractivity contribution < 1.29 is 24.2 Å². The molecule has 0 aliphatic rings. The Bertz CT molecular complexity index is 407. The van der Waals surface area contributed by atoms with Gasteiger partial charge in [-0.2, -0.15) is 0 Å². The molecule has 0 spiro atoms. The number of aliphatic carboxylic acids is 1. The fourth-order valence-electron chi connectivity index (χ4n) is 1.69. The molecule has 0 fully saturated rings. The van der Waals surface area contributed by atoms with Crippen LogP contribution in [0, 0.1) is 11.3 Å². The van der Waals surface area contributed by atoms with Crippen LogP contribution < -0.4 is 5.32 Å². The van der Waals surface area contributed by atoms with Crippen LogP contribution in [0.25, 0.3) is 0 Å². The quantitative estimate of drug-likeness (QED) is 0.736. The number of ether oxygens (including phenoxy) is 1. The molecule has 1 atom stereocenters. The van der Waals surface area contributed by atoms with Crippen LogP contribution in [-0.2, 0) is 14.3 Å². The summed E-state index contributed by atoms with van der Waals surface area (Å²) in [6.07, 6.45) is -0.364. The third kappa shape index (κ3) is 6.60. The average molecular weight is 301 g/mol. The van der Waals surface area contributed by atoms with E-state index in [4.69, 9.17) is 9.84 Å². The Kier molecular flexibility index (Phi) is 6.39. The van der Waals surface area contributed by atoms with Gasteiger partial charge in [-0.1, -0.05) is 13.8 Å². The molecule has 0 aromatic heterocycles. The molecule has 0 saturated carbocycles. The summed E-state index contributed by atoms with van der Waals surface area (Å²) in [6.45, 7) is 11.6. The molecule has 2 N–H and O–H groups in total. The summed E-state index contributed by atoms with van der Waals surface area (Å²) in [4.78, 5) is 35.4. The van der Waals surface area contributed by atoms with Gasteiger partial charge in [0.25, 0.3) is 0 Å². The highest BCUT2D eigenvalue weighted by molar-refractivity contribution is 6.05. The van der Waals surface area contributed by atoms with Crippen LogP contribution in [0.3, 0.4) is 0 Å². The van der Waals surface area contributed by atoms with E-state index in [0.717, 1.165) is 0 Å². The largest absolute Gasteiger partial charge is 0.481 e. The first kappa shape index (κ1) is 19.4. The normalized spacial score (nSPS) is 13.7. The standard InChI is InChI=1S/C15H27NO5/c1-9(2)8-10(11(17)15(6,7)12(18)19)16-13(20)21-14(3,4)5/h9-10H,8H2,1-7H3,(H,16,20)(H,18,19). The summed E-state index contributed by atoms with van der Waals surface area (Å²) < 4.78 is 5.12. The Morgan fingerprint density at radius 3 is 1.90 bits per heavy atom. The molecule has 0 heterocycles. The first-order valence-electron chi connectivity index (χ1n) is 7.04. The van der Waals surface area contributed by atoms with Crippen molar-refractivity contribution in [2.75, 3.05) is 0 Å². The third-order valence-corrected chi connectivity index (χ3v) is 2.87. The lowest BCUT2D eigenvalue weighted by Gasteiger charge is -2.28. The number of alkyl carbamates (subject to hydrolysis) is 1. The first-order valence-corrected chi connectivity index (χ1v) is 7.04. The number of carboxylic acids is 1. The number of Topliss-reactive ketones (excluding diaryl/α,β-unsaturated/α-hetero) is 1. The van der Waals surface area contributed by atoms with Gasteiger partial charge in [-0.05, 0) is 47.0 Å². The second kappa shape index (κ2) is 6.91. The molecule has 0 aliphatic heterocycles. The summed E-state index contributed by atoms with van der Waals surface area (Å²) in [5.41, 5.74) is -2.24. The maximum atomic E-state index is 12.4. The summed E-state index contributed by atoms with van der Waals surface area (Å²) in [7, 11) is 0. The third-order valence-electron chi connectivity index (χ3n) is 2.87. The topological polar surface area (TPSA) is 92.7 Å². The van der Waals surface area contributed by atoms with E-state index in [1.807, 2.05) is 13.8 Å². The lowest BCUT2D eigenvalue weighted by molar-refractivity contribution is -0.153. The number of nitrogens with one attached hydrogen (secondary N) is 1. The van der Waals surface area contributed by atoms with Crippen molar-refractivity contribution in [1.82, 2.24) is 5.32 Å². The maximum absolute atomic E-state index is 12.4. The molecule has 0 aromatic rings. The SMILES string of the molecule is CC(C)CC(NC(=O)OC(C)(C)C)C(=O)C(C)(C)C(=O)O. The first-order chi connectivity index (χ1) is 9.27. The van der Waals surface area contributed by atoms with Crippen molar-refractivity contribution >= 4 is 17.8 Å². The number of carbonyl (C=O) groups excluding carboxylic acids is 2. The highest BCUT2D eigenvalue weighted by atomic mass is 16.6. The summed E-state index contributed by atoms with van der Waals surface area (Å²) in [5, 5.41) is 11.6. The average Bonchev–Trinajstić information content (AvgIpc) is 2.23. The second-order valence-electron chi connectivity index (χ2n) is 7.12. The van der Waals surface area contributed by atoms with Crippen molar-refractivity contribution in [3.8, 4) is 0 Å². The Morgan fingerprint density at radius 1 is 1.10 bits per heavy atom. The molecule has 0 bridgehead atoms. The van der Waals surface area contributed by atoms with Crippen molar-refractivity contribution in [3.05, 3.63) is 0 Å². The number of amides is 1. The minimum atomic E-state index is -1.56. The molecule has 21 heavy (non-hydrogen) atoms. The van der Waals surface area contributed by atoms with Crippen molar-refractivity contribution in [1.29, 1.82) is 0 Å². The fourth-order valence-corrected chi connectivity index (χ4v) is 1.69. The number of carbonyl (C=O) groups is 3. The predicted molar refractivity (Wildman–Crippen MR) is 79.0 cm³/mol. The van der Waals surface area contributed by atoms with Gasteiger partial charge in [-0.3, -0.25) is 9.59 Å². The van der Waals surface area contributed by atoms with E-state index in [1.54, 1.807) is 20.8 Å². The van der Waals surface area contributed by atoms with Crippen LogP contribution in [0.15, 0.2) is 0 Å². The number of hydrogen-bond donors (Lipinski definition) is 2. The van der Waals surface area contributed by atoms with Crippen LogP contribution in [0.4, 0.5) is 4.79 Å². The molecule has 6 nitrogen and oxygen atoms in total. The molecular formula is C15H27NO5. The zero-order valence-corrected chi connectivity index (χ0v) is 13.9. The fraction of sp³-hybridized carbons (Fsp3) is 0.800. The zero-order chi connectivity index (χ0) is 17.0. The lowest BCUT2D eigenvalue weighted by Crippen LogP contribution is -2.50. The highest BCUT2D eigenvalue weighted by Crippen LogP contribution is 2.22. The van der Waals surface area contributed by atoms with E-state index in [1.165, 1.54) is 13.8 Å². The van der Waals surface area contributed by atoms with Gasteiger partial charge in [0.2, 0.25) is 0 Å². The van der Waals surface area contributed by atoms with Crippen molar-refractivity contribution in [2.24, 2.45) is 11.3 Å². The Morgan fingerprint density at radius 2 is 1.57 bits per heavy atom. The van der Waals surface area contributed by atoms with Gasteiger partial charge in [0.15, 0.2) is 5.78 Å². The smallest absolute Gasteiger partial charge is 0.408 e. The molecular weight excluding hydrogens is 274 g/mol. The van der Waals surface area contributed by atoms with Gasteiger partial charge in [0, 0.05) is 0 Å². The van der Waals surface area contributed by atoms with Gasteiger partial charge >= 0.3 is 12.1 Å². The molecule has 0 radical (unpaired) electrons. The zero-order valence-electron chi connectivity index (χ0n) is 13.9. The van der Waals surface area contributed by atoms with E-state index >= 15 is 0 Å². The highest BCUT2D eigenvalue weighted by Gasteiger charge is 2.41. The van der Waals surface area contributed by atoms with Gasteiger partial charge in [0.1, 0.15) is 11.0 Å². The minimum Gasteiger partial charge on any atom is -0.481 e. The molecule has 0 rings (SSSR count). The van der Waals surface area contributed by atoms with Crippen molar-refractivity contribution in [3.63, 3.8) is 0 Å².